The molecular formula is C17H24FN3O2. The molecule has 1 atom stereocenters. The molecule has 5 nitrogen and oxygen atoms in total. The number of nitrogens with two attached hydrogens (primary N) is 1. The fourth-order valence-electron chi connectivity index (χ4n) is 2.03. The Hall–Kier alpha value is -2.21. The van der Waals surface area contributed by atoms with Crippen molar-refractivity contribution in [2.45, 2.75) is 39.8 Å². The van der Waals surface area contributed by atoms with Crippen LogP contribution in [0.5, 0.6) is 0 Å². The van der Waals surface area contributed by atoms with Gasteiger partial charge in [-0.25, -0.2) is 4.39 Å². The highest BCUT2D eigenvalue weighted by Gasteiger charge is 2.12. The number of carbonyl (C=O) groups excluding carboxylic acids is 1. The summed E-state index contributed by atoms with van der Waals surface area (Å²) in [6.45, 7) is 5.81. The second-order valence-electron chi connectivity index (χ2n) is 5.57. The highest BCUT2D eigenvalue weighted by molar-refractivity contribution is 6.00. The average Bonchev–Trinajstić information content (AvgIpc) is 2.46. The van der Waals surface area contributed by atoms with E-state index in [1.165, 1.54) is 12.1 Å². The van der Waals surface area contributed by atoms with Gasteiger partial charge in [0, 0.05) is 23.0 Å². The number of hydrogen-bond donors (Lipinski definition) is 3. The lowest BCUT2D eigenvalue weighted by Crippen LogP contribution is -2.36. The Kier molecular flexibility index (Phi) is 7.41. The number of halogens is 1. The van der Waals surface area contributed by atoms with Gasteiger partial charge in [0.15, 0.2) is 0 Å². The Balaban J connectivity index is 2.37. The third-order valence-corrected chi connectivity index (χ3v) is 3.22. The molecule has 1 aromatic rings. The van der Waals surface area contributed by atoms with Crippen LogP contribution in [0.2, 0.25) is 0 Å². The van der Waals surface area contributed by atoms with Gasteiger partial charge >= 0.3 is 0 Å². The lowest BCUT2D eigenvalue weighted by molar-refractivity contribution is -0.121. The van der Waals surface area contributed by atoms with Crippen molar-refractivity contribution in [3.8, 4) is 0 Å². The van der Waals surface area contributed by atoms with Crippen LogP contribution in [0.25, 0.3) is 0 Å². The maximum absolute atomic E-state index is 12.8. The zero-order chi connectivity index (χ0) is 17.4. The van der Waals surface area contributed by atoms with Crippen LogP contribution in [0.3, 0.4) is 0 Å². The molecule has 0 saturated heterocycles. The molecule has 23 heavy (non-hydrogen) atoms. The summed E-state index contributed by atoms with van der Waals surface area (Å²) in [5.74, 6) is -0.482. The number of nitrogens with one attached hydrogen (secondary N) is 2. The highest BCUT2D eigenvalue weighted by Crippen LogP contribution is 2.07. The highest BCUT2D eigenvalue weighted by atomic mass is 19.1. The Morgan fingerprint density at radius 2 is 1.96 bits per heavy atom. The Bertz CT molecular complexity index is 578. The number of hydrogen-bond acceptors (Lipinski definition) is 4. The summed E-state index contributed by atoms with van der Waals surface area (Å²) < 4.78 is 18.3. The predicted molar refractivity (Wildman–Crippen MR) is 88.6 cm³/mol. The van der Waals surface area contributed by atoms with Crippen molar-refractivity contribution < 1.29 is 13.9 Å². The summed E-state index contributed by atoms with van der Waals surface area (Å²) in [4.78, 5) is 11.9. The number of amides is 1. The minimum absolute atomic E-state index is 0.0833. The molecule has 0 heterocycles. The van der Waals surface area contributed by atoms with E-state index in [0.29, 0.717) is 30.2 Å². The van der Waals surface area contributed by atoms with Gasteiger partial charge in [-0.2, -0.15) is 0 Å². The summed E-state index contributed by atoms with van der Waals surface area (Å²) in [7, 11) is 0. The normalized spacial score (nSPS) is 13.2. The molecule has 0 spiro atoms. The van der Waals surface area contributed by atoms with Crippen LogP contribution in [0.15, 0.2) is 35.5 Å². The molecule has 0 aliphatic heterocycles. The van der Waals surface area contributed by atoms with Crippen LogP contribution in [0.1, 0.15) is 32.8 Å². The first-order valence-electron chi connectivity index (χ1n) is 7.42. The number of rotatable bonds is 8. The van der Waals surface area contributed by atoms with E-state index in [2.05, 4.69) is 5.32 Å². The van der Waals surface area contributed by atoms with Crippen LogP contribution >= 0.6 is 0 Å². The molecule has 0 saturated carbocycles. The van der Waals surface area contributed by atoms with Gasteiger partial charge < -0.3 is 21.2 Å². The zero-order valence-electron chi connectivity index (χ0n) is 13.8. The van der Waals surface area contributed by atoms with Gasteiger partial charge in [-0.15, -0.1) is 0 Å². The van der Waals surface area contributed by atoms with Crippen LogP contribution in [0.4, 0.5) is 4.39 Å². The van der Waals surface area contributed by atoms with Crippen molar-refractivity contribution >= 4 is 11.6 Å². The number of ether oxygens (including phenoxy) is 1. The molecule has 0 fully saturated rings. The fourth-order valence-corrected chi connectivity index (χ4v) is 2.03. The first-order chi connectivity index (χ1) is 10.8. The Labute approximate surface area is 136 Å². The van der Waals surface area contributed by atoms with Crippen molar-refractivity contribution in [3.05, 3.63) is 46.9 Å². The average molecular weight is 321 g/mol. The summed E-state index contributed by atoms with van der Waals surface area (Å²) >= 11 is 0. The maximum atomic E-state index is 12.8. The van der Waals surface area contributed by atoms with E-state index in [0.717, 1.165) is 5.56 Å². The van der Waals surface area contributed by atoms with E-state index in [-0.39, 0.29) is 24.2 Å². The number of carbonyl (C=O) groups is 1. The van der Waals surface area contributed by atoms with Gasteiger partial charge in [0.1, 0.15) is 5.82 Å². The second-order valence-corrected chi connectivity index (χ2v) is 5.57. The van der Waals surface area contributed by atoms with Crippen molar-refractivity contribution in [1.29, 1.82) is 5.41 Å². The standard InChI is InChI=1S/C17H24FN3O2/c1-11(9-23-10-14-4-6-15(18)7-5-14)21-17(22)8-16(12(2)19)13(3)20/h4-7,11,19H,8-10,20H2,1-3H3,(H,21,22)/b16-13-,19-12?/t11-/m1/s1. The number of allylic oxidation sites excluding steroid dienone is 1. The number of benzene rings is 1. The van der Waals surface area contributed by atoms with Crippen molar-refractivity contribution in [2.75, 3.05) is 6.61 Å². The molecule has 0 aromatic heterocycles. The van der Waals surface area contributed by atoms with Gasteiger partial charge in [0.05, 0.1) is 19.6 Å². The van der Waals surface area contributed by atoms with E-state index in [1.807, 2.05) is 6.92 Å². The summed E-state index contributed by atoms with van der Waals surface area (Å²) in [5, 5.41) is 10.4. The van der Waals surface area contributed by atoms with Gasteiger partial charge in [-0.1, -0.05) is 12.1 Å². The molecule has 0 radical (unpaired) electrons. The topological polar surface area (TPSA) is 88.2 Å². The molecule has 1 amide bonds. The minimum Gasteiger partial charge on any atom is -0.402 e. The van der Waals surface area contributed by atoms with Gasteiger partial charge in [0.2, 0.25) is 5.91 Å². The lowest BCUT2D eigenvalue weighted by atomic mass is 10.1. The zero-order valence-corrected chi connectivity index (χ0v) is 13.8. The van der Waals surface area contributed by atoms with E-state index < -0.39 is 0 Å². The molecule has 0 aliphatic carbocycles. The third-order valence-electron chi connectivity index (χ3n) is 3.22. The van der Waals surface area contributed by atoms with Crippen LogP contribution in [-0.4, -0.2) is 24.3 Å². The third kappa shape index (κ3) is 7.06. The monoisotopic (exact) mass is 321 g/mol. The summed E-state index contributed by atoms with van der Waals surface area (Å²) in [5.41, 5.74) is 7.86. The molecule has 1 rings (SSSR count). The summed E-state index contributed by atoms with van der Waals surface area (Å²) in [6.07, 6.45) is 0.0833. The van der Waals surface area contributed by atoms with Crippen LogP contribution in [-0.2, 0) is 16.1 Å². The first-order valence-corrected chi connectivity index (χ1v) is 7.42. The predicted octanol–water partition coefficient (Wildman–Crippen LogP) is 2.51. The van der Waals surface area contributed by atoms with Crippen LogP contribution < -0.4 is 11.1 Å². The second kappa shape index (κ2) is 9.05. The maximum Gasteiger partial charge on any atom is 0.224 e. The molecule has 1 aromatic carbocycles. The Morgan fingerprint density at radius 3 is 2.48 bits per heavy atom. The smallest absolute Gasteiger partial charge is 0.224 e. The lowest BCUT2D eigenvalue weighted by Gasteiger charge is -2.15. The molecule has 0 bridgehead atoms. The van der Waals surface area contributed by atoms with Crippen molar-refractivity contribution in [1.82, 2.24) is 5.32 Å². The van der Waals surface area contributed by atoms with E-state index in [4.69, 9.17) is 15.9 Å². The Morgan fingerprint density at radius 1 is 1.35 bits per heavy atom. The quantitative estimate of drug-likeness (QED) is 0.643. The SMILES string of the molecule is CC(=N)/C(CC(=O)N[C@H](C)COCc1ccc(F)cc1)=C(/C)N. The molecule has 0 unspecified atom stereocenters. The molecule has 6 heteroatoms. The minimum atomic E-state index is -0.282. The van der Waals surface area contributed by atoms with Crippen molar-refractivity contribution in [2.24, 2.45) is 5.73 Å². The van der Waals surface area contributed by atoms with Crippen LogP contribution in [0, 0.1) is 11.2 Å². The summed E-state index contributed by atoms with van der Waals surface area (Å²) in [6, 6.07) is 5.91. The molecule has 4 N–H and O–H groups in total. The molecule has 126 valence electrons. The first kappa shape index (κ1) is 18.8. The fraction of sp³-hybridized carbons (Fsp3) is 0.412. The van der Waals surface area contributed by atoms with Gasteiger partial charge in [0.25, 0.3) is 0 Å². The molecule has 0 aliphatic rings. The van der Waals surface area contributed by atoms with Gasteiger partial charge in [-0.05, 0) is 38.5 Å². The van der Waals surface area contributed by atoms with Gasteiger partial charge in [-0.3, -0.25) is 4.79 Å². The van der Waals surface area contributed by atoms with E-state index >= 15 is 0 Å². The molecular weight excluding hydrogens is 297 g/mol. The van der Waals surface area contributed by atoms with Crippen molar-refractivity contribution in [3.63, 3.8) is 0 Å². The largest absolute Gasteiger partial charge is 0.402 e. The van der Waals surface area contributed by atoms with E-state index in [9.17, 15) is 9.18 Å². The van der Waals surface area contributed by atoms with E-state index in [1.54, 1.807) is 26.0 Å².